The molecule has 168 valence electrons. The molecule has 0 unspecified atom stereocenters. The van der Waals surface area contributed by atoms with E-state index in [4.69, 9.17) is 10.2 Å². The van der Waals surface area contributed by atoms with Crippen LogP contribution in [0.1, 0.15) is 6.92 Å². The third-order valence-electron chi connectivity index (χ3n) is 4.48. The van der Waals surface area contributed by atoms with E-state index >= 15 is 0 Å². The van der Waals surface area contributed by atoms with Gasteiger partial charge < -0.3 is 20.0 Å². The van der Waals surface area contributed by atoms with Crippen molar-refractivity contribution in [1.82, 2.24) is 19.6 Å². The minimum absolute atomic E-state index is 0.0592. The van der Waals surface area contributed by atoms with E-state index in [-0.39, 0.29) is 45.1 Å². The van der Waals surface area contributed by atoms with Crippen LogP contribution in [0.5, 0.6) is 0 Å². The normalized spacial score (nSPS) is 20.0. The van der Waals surface area contributed by atoms with Gasteiger partial charge in [0.1, 0.15) is 12.1 Å². The first-order valence-corrected chi connectivity index (χ1v) is 11.1. The SMILES string of the molecule is CC(=O)CN1CCN(CC(=O)O)CCN(CC(=O)O)CCN(CP(=O)(O)O)CC1. The average Bonchev–Trinajstić information content (AvgIpc) is 2.54. The summed E-state index contributed by atoms with van der Waals surface area (Å²) in [6, 6.07) is 0. The molecule has 1 saturated heterocycles. The molecule has 0 bridgehead atoms. The summed E-state index contributed by atoms with van der Waals surface area (Å²) in [6.07, 6.45) is -0.451. The molecule has 0 aromatic heterocycles. The van der Waals surface area contributed by atoms with Crippen molar-refractivity contribution in [2.24, 2.45) is 0 Å². The monoisotopic (exact) mass is 438 g/mol. The Morgan fingerprint density at radius 2 is 1.00 bits per heavy atom. The molecule has 0 saturated carbocycles. The molecule has 0 aliphatic carbocycles. The molecule has 4 N–H and O–H groups in total. The summed E-state index contributed by atoms with van der Waals surface area (Å²) in [4.78, 5) is 59.2. The van der Waals surface area contributed by atoms with E-state index in [9.17, 15) is 28.7 Å². The van der Waals surface area contributed by atoms with Crippen LogP contribution >= 0.6 is 7.60 Å². The fraction of sp³-hybridized carbons (Fsp3) is 0.812. The number of Topliss-reactive ketones (excluding diaryl/α,β-unsaturated/α-hetero) is 1. The second-order valence-electron chi connectivity index (χ2n) is 7.24. The Bertz CT molecular complexity index is 582. The average molecular weight is 438 g/mol. The molecule has 1 rings (SSSR count). The van der Waals surface area contributed by atoms with Crippen molar-refractivity contribution in [3.05, 3.63) is 0 Å². The van der Waals surface area contributed by atoms with Gasteiger partial charge in [-0.05, 0) is 6.92 Å². The van der Waals surface area contributed by atoms with Crippen LogP contribution in [0.2, 0.25) is 0 Å². The molecule has 0 aromatic carbocycles. The van der Waals surface area contributed by atoms with E-state index < -0.39 is 25.8 Å². The summed E-state index contributed by atoms with van der Waals surface area (Å²) in [5, 5.41) is 18.2. The van der Waals surface area contributed by atoms with Crippen molar-refractivity contribution in [3.63, 3.8) is 0 Å². The van der Waals surface area contributed by atoms with Gasteiger partial charge in [0.05, 0.1) is 19.6 Å². The molecular weight excluding hydrogens is 407 g/mol. The lowest BCUT2D eigenvalue weighted by Crippen LogP contribution is -2.48. The van der Waals surface area contributed by atoms with E-state index in [0.717, 1.165) is 0 Å². The van der Waals surface area contributed by atoms with Crippen molar-refractivity contribution in [2.45, 2.75) is 6.92 Å². The van der Waals surface area contributed by atoms with Crippen molar-refractivity contribution in [1.29, 1.82) is 0 Å². The molecule has 0 amide bonds. The number of carboxylic acid groups (broad SMARTS) is 2. The number of carboxylic acids is 2. The van der Waals surface area contributed by atoms with Crippen molar-refractivity contribution < 1.29 is 38.9 Å². The Morgan fingerprint density at radius 3 is 1.28 bits per heavy atom. The summed E-state index contributed by atoms with van der Waals surface area (Å²) in [5.74, 6) is -2.08. The van der Waals surface area contributed by atoms with E-state index in [1.54, 1.807) is 14.7 Å². The van der Waals surface area contributed by atoms with Crippen LogP contribution in [0.3, 0.4) is 0 Å². The van der Waals surface area contributed by atoms with Gasteiger partial charge in [0.15, 0.2) is 0 Å². The van der Waals surface area contributed by atoms with Crippen LogP contribution in [0.15, 0.2) is 0 Å². The van der Waals surface area contributed by atoms with Gasteiger partial charge in [0.25, 0.3) is 0 Å². The van der Waals surface area contributed by atoms with Gasteiger partial charge in [-0.2, -0.15) is 0 Å². The lowest BCUT2D eigenvalue weighted by molar-refractivity contribution is -0.140. The highest BCUT2D eigenvalue weighted by Crippen LogP contribution is 2.34. The molecule has 0 atom stereocenters. The number of hydrogen-bond acceptors (Lipinski definition) is 8. The number of rotatable bonds is 8. The van der Waals surface area contributed by atoms with Gasteiger partial charge >= 0.3 is 19.5 Å². The lowest BCUT2D eigenvalue weighted by Gasteiger charge is -2.33. The third kappa shape index (κ3) is 12.7. The minimum Gasteiger partial charge on any atom is -0.480 e. The molecule has 12 nitrogen and oxygen atoms in total. The van der Waals surface area contributed by atoms with Gasteiger partial charge in [-0.3, -0.25) is 38.5 Å². The maximum absolute atomic E-state index is 11.6. The highest BCUT2D eigenvalue weighted by molar-refractivity contribution is 7.51. The van der Waals surface area contributed by atoms with Gasteiger partial charge in [-0.25, -0.2) is 0 Å². The topological polar surface area (TPSA) is 162 Å². The van der Waals surface area contributed by atoms with Crippen LogP contribution in [-0.2, 0) is 18.9 Å². The summed E-state index contributed by atoms with van der Waals surface area (Å²) in [6.45, 7) is 3.75. The molecule has 0 aromatic rings. The van der Waals surface area contributed by atoms with Crippen LogP contribution in [0, 0.1) is 0 Å². The maximum atomic E-state index is 11.6. The Morgan fingerprint density at radius 1 is 0.690 bits per heavy atom. The van der Waals surface area contributed by atoms with Gasteiger partial charge in [-0.1, -0.05) is 0 Å². The second kappa shape index (κ2) is 12.3. The fourth-order valence-electron chi connectivity index (χ4n) is 3.15. The summed E-state index contributed by atoms with van der Waals surface area (Å²) < 4.78 is 11.5. The Labute approximate surface area is 169 Å². The van der Waals surface area contributed by atoms with E-state index in [1.807, 2.05) is 4.90 Å². The second-order valence-corrected chi connectivity index (χ2v) is 8.85. The van der Waals surface area contributed by atoms with E-state index in [0.29, 0.717) is 32.7 Å². The highest BCUT2D eigenvalue weighted by Gasteiger charge is 2.23. The zero-order valence-electron chi connectivity index (χ0n) is 16.6. The summed E-state index contributed by atoms with van der Waals surface area (Å²) >= 11 is 0. The maximum Gasteiger partial charge on any atom is 0.339 e. The molecule has 29 heavy (non-hydrogen) atoms. The molecule has 1 aliphatic rings. The minimum atomic E-state index is -4.30. The van der Waals surface area contributed by atoms with Crippen LogP contribution in [-0.4, -0.2) is 136 Å². The first-order valence-electron chi connectivity index (χ1n) is 9.31. The largest absolute Gasteiger partial charge is 0.480 e. The quantitative estimate of drug-likeness (QED) is 0.312. The molecule has 1 heterocycles. The number of carbonyl (C=O) groups is 3. The first kappa shape index (κ1) is 25.6. The van der Waals surface area contributed by atoms with Crippen LogP contribution < -0.4 is 0 Å². The predicted octanol–water partition coefficient (Wildman–Crippen LogP) is -1.90. The van der Waals surface area contributed by atoms with E-state index in [2.05, 4.69) is 0 Å². The lowest BCUT2D eigenvalue weighted by atomic mass is 10.3. The highest BCUT2D eigenvalue weighted by atomic mass is 31.2. The van der Waals surface area contributed by atoms with Crippen LogP contribution in [0.4, 0.5) is 0 Å². The number of carbonyl (C=O) groups excluding carboxylic acids is 1. The number of aliphatic carboxylic acids is 2. The fourth-order valence-corrected chi connectivity index (χ4v) is 3.96. The zero-order chi connectivity index (χ0) is 22.0. The van der Waals surface area contributed by atoms with Gasteiger partial charge in [0, 0.05) is 52.4 Å². The van der Waals surface area contributed by atoms with Crippen molar-refractivity contribution in [3.8, 4) is 0 Å². The molecular formula is C16H31N4O8P. The molecule has 1 aliphatic heterocycles. The Balaban J connectivity index is 2.95. The number of nitrogens with zero attached hydrogens (tertiary/aromatic N) is 4. The zero-order valence-corrected chi connectivity index (χ0v) is 17.5. The Kier molecular flexibility index (Phi) is 10.9. The van der Waals surface area contributed by atoms with Crippen LogP contribution in [0.25, 0.3) is 0 Å². The summed E-state index contributed by atoms with van der Waals surface area (Å²) in [5.41, 5.74) is 0. The van der Waals surface area contributed by atoms with Gasteiger partial charge in [-0.15, -0.1) is 0 Å². The number of hydrogen-bond donors (Lipinski definition) is 4. The van der Waals surface area contributed by atoms with Gasteiger partial charge in [0.2, 0.25) is 0 Å². The number of ketones is 1. The third-order valence-corrected chi connectivity index (χ3v) is 5.25. The van der Waals surface area contributed by atoms with Crippen molar-refractivity contribution in [2.75, 3.05) is 78.3 Å². The smallest absolute Gasteiger partial charge is 0.339 e. The first-order chi connectivity index (χ1) is 13.4. The molecule has 0 spiro atoms. The standard InChI is InChI=1S/C16H31N4O8P/c1-14(21)10-17-2-3-18(11-15(22)23)4-5-19(12-16(24)25)7-9-20(8-6-17)13-29(26,27)28/h2-13H2,1H3,(H,22,23)(H,24,25)(H2,26,27,28). The van der Waals surface area contributed by atoms with Crippen molar-refractivity contribution >= 4 is 25.3 Å². The molecule has 0 radical (unpaired) electrons. The van der Waals surface area contributed by atoms with E-state index in [1.165, 1.54) is 6.92 Å². The summed E-state index contributed by atoms with van der Waals surface area (Å²) in [7, 11) is -4.30. The molecule has 1 fully saturated rings. The predicted molar refractivity (Wildman–Crippen MR) is 104 cm³/mol. The Hall–Kier alpha value is -1.40. The molecule has 13 heteroatoms.